The van der Waals surface area contributed by atoms with E-state index in [1.54, 1.807) is 6.07 Å². The molecule has 0 amide bonds. The Balaban J connectivity index is 2.11. The monoisotopic (exact) mass is 359 g/mol. The van der Waals surface area contributed by atoms with E-state index in [-0.39, 0.29) is 22.7 Å². The van der Waals surface area contributed by atoms with E-state index >= 15 is 0 Å². The van der Waals surface area contributed by atoms with E-state index in [4.69, 9.17) is 14.2 Å². The second-order valence-corrected chi connectivity index (χ2v) is 6.01. The second kappa shape index (κ2) is 7.09. The standard InChI is InChI=1S/C14H18BrNO5/c1-3-6-20-14-10(15)8-13(14)21-12-7-9(16(17)18)4-5-11(12)19-2/h4-5,7,10,13-14H,3,6,8H2,1-2H3. The minimum atomic E-state index is -0.453. The highest BCUT2D eigenvalue weighted by Gasteiger charge is 2.42. The zero-order valence-electron chi connectivity index (χ0n) is 12.0. The fourth-order valence-corrected chi connectivity index (χ4v) is 3.00. The van der Waals surface area contributed by atoms with Gasteiger partial charge >= 0.3 is 0 Å². The van der Waals surface area contributed by atoms with Crippen LogP contribution in [0.1, 0.15) is 19.8 Å². The third-order valence-electron chi connectivity index (χ3n) is 3.33. The summed E-state index contributed by atoms with van der Waals surface area (Å²) in [6.07, 6.45) is 1.55. The quantitative estimate of drug-likeness (QED) is 0.424. The van der Waals surface area contributed by atoms with E-state index in [0.717, 1.165) is 12.8 Å². The number of non-ortho nitro benzene ring substituents is 1. The van der Waals surface area contributed by atoms with Crippen LogP contribution in [0.15, 0.2) is 18.2 Å². The summed E-state index contributed by atoms with van der Waals surface area (Å²) >= 11 is 3.54. The largest absolute Gasteiger partial charge is 0.493 e. The molecule has 3 unspecified atom stereocenters. The molecule has 116 valence electrons. The summed E-state index contributed by atoms with van der Waals surface area (Å²) in [5.41, 5.74) is -0.0217. The van der Waals surface area contributed by atoms with Gasteiger partial charge in [0, 0.05) is 23.9 Å². The molecule has 0 N–H and O–H groups in total. The molecular weight excluding hydrogens is 342 g/mol. The number of methoxy groups -OCH3 is 1. The predicted octanol–water partition coefficient (Wildman–Crippen LogP) is 3.31. The predicted molar refractivity (Wildman–Crippen MR) is 81.4 cm³/mol. The molecule has 1 fully saturated rings. The van der Waals surface area contributed by atoms with Crippen LogP contribution in [0.5, 0.6) is 11.5 Å². The van der Waals surface area contributed by atoms with Crippen molar-refractivity contribution in [2.24, 2.45) is 0 Å². The number of nitrogens with zero attached hydrogens (tertiary/aromatic N) is 1. The molecule has 0 heterocycles. The number of benzene rings is 1. The Labute approximate surface area is 131 Å². The molecule has 7 heteroatoms. The summed E-state index contributed by atoms with van der Waals surface area (Å²) in [7, 11) is 1.51. The Kier molecular flexibility index (Phi) is 5.41. The third kappa shape index (κ3) is 3.65. The molecule has 1 aliphatic rings. The van der Waals surface area contributed by atoms with Crippen molar-refractivity contribution in [3.63, 3.8) is 0 Å². The molecule has 1 saturated carbocycles. The van der Waals surface area contributed by atoms with Gasteiger partial charge in [-0.2, -0.15) is 0 Å². The fourth-order valence-electron chi connectivity index (χ4n) is 2.14. The average molecular weight is 360 g/mol. The van der Waals surface area contributed by atoms with E-state index in [2.05, 4.69) is 15.9 Å². The number of rotatable bonds is 7. The van der Waals surface area contributed by atoms with Crippen LogP contribution >= 0.6 is 15.9 Å². The van der Waals surface area contributed by atoms with Crippen LogP contribution in [-0.4, -0.2) is 35.7 Å². The first-order valence-corrected chi connectivity index (χ1v) is 7.73. The lowest BCUT2D eigenvalue weighted by Crippen LogP contribution is -2.52. The van der Waals surface area contributed by atoms with E-state index in [1.807, 2.05) is 6.92 Å². The van der Waals surface area contributed by atoms with Crippen LogP contribution in [0.25, 0.3) is 0 Å². The Hall–Kier alpha value is -1.34. The minimum Gasteiger partial charge on any atom is -0.493 e. The van der Waals surface area contributed by atoms with E-state index < -0.39 is 4.92 Å². The van der Waals surface area contributed by atoms with Gasteiger partial charge in [-0.15, -0.1) is 0 Å². The maximum absolute atomic E-state index is 10.9. The molecule has 1 aromatic carbocycles. The van der Waals surface area contributed by atoms with Gasteiger partial charge in [-0.3, -0.25) is 10.1 Å². The molecule has 0 aromatic heterocycles. The Morgan fingerprint density at radius 2 is 2.19 bits per heavy atom. The van der Waals surface area contributed by atoms with Gasteiger partial charge in [-0.05, 0) is 12.5 Å². The summed E-state index contributed by atoms with van der Waals surface area (Å²) in [4.78, 5) is 10.7. The molecule has 0 spiro atoms. The van der Waals surface area contributed by atoms with Crippen LogP contribution in [0.4, 0.5) is 5.69 Å². The van der Waals surface area contributed by atoms with Crippen LogP contribution in [-0.2, 0) is 4.74 Å². The van der Waals surface area contributed by atoms with Crippen molar-refractivity contribution in [3.05, 3.63) is 28.3 Å². The van der Waals surface area contributed by atoms with Gasteiger partial charge < -0.3 is 14.2 Å². The molecule has 2 rings (SSSR count). The number of nitro benzene ring substituents is 1. The average Bonchev–Trinajstić information content (AvgIpc) is 2.46. The molecule has 1 aromatic rings. The molecule has 1 aliphatic carbocycles. The number of ether oxygens (including phenoxy) is 3. The SMILES string of the molecule is CCCOC1C(Br)CC1Oc1cc([N+](=O)[O-])ccc1OC. The zero-order valence-corrected chi connectivity index (χ0v) is 13.5. The number of hydrogen-bond donors (Lipinski definition) is 0. The molecule has 21 heavy (non-hydrogen) atoms. The lowest BCUT2D eigenvalue weighted by Gasteiger charge is -2.41. The highest BCUT2D eigenvalue weighted by Crippen LogP contribution is 2.38. The lowest BCUT2D eigenvalue weighted by molar-refractivity contribution is -0.385. The third-order valence-corrected chi connectivity index (χ3v) is 4.23. The van der Waals surface area contributed by atoms with E-state index in [1.165, 1.54) is 19.2 Å². The second-order valence-electron chi connectivity index (χ2n) is 4.84. The summed E-state index contributed by atoms with van der Waals surface area (Å²) < 4.78 is 16.8. The summed E-state index contributed by atoms with van der Waals surface area (Å²) in [5, 5.41) is 10.9. The maximum Gasteiger partial charge on any atom is 0.273 e. The molecule has 0 aliphatic heterocycles. The first-order valence-electron chi connectivity index (χ1n) is 6.81. The van der Waals surface area contributed by atoms with Crippen LogP contribution in [0.2, 0.25) is 0 Å². The topological polar surface area (TPSA) is 70.8 Å². The Bertz CT molecular complexity index is 510. The van der Waals surface area contributed by atoms with Gasteiger partial charge in [0.25, 0.3) is 5.69 Å². The van der Waals surface area contributed by atoms with Crippen LogP contribution in [0.3, 0.4) is 0 Å². The number of nitro groups is 1. The van der Waals surface area contributed by atoms with Crippen molar-refractivity contribution in [2.45, 2.75) is 36.8 Å². The van der Waals surface area contributed by atoms with E-state index in [9.17, 15) is 10.1 Å². The van der Waals surface area contributed by atoms with Gasteiger partial charge in [-0.1, -0.05) is 22.9 Å². The van der Waals surface area contributed by atoms with Gasteiger partial charge in [0.1, 0.15) is 12.2 Å². The number of halogens is 1. The molecule has 0 bridgehead atoms. The smallest absolute Gasteiger partial charge is 0.273 e. The molecular formula is C14H18BrNO5. The van der Waals surface area contributed by atoms with E-state index in [0.29, 0.717) is 18.1 Å². The van der Waals surface area contributed by atoms with Crippen molar-refractivity contribution in [1.29, 1.82) is 0 Å². The highest BCUT2D eigenvalue weighted by molar-refractivity contribution is 9.09. The van der Waals surface area contributed by atoms with Crippen LogP contribution < -0.4 is 9.47 Å². The first-order chi connectivity index (χ1) is 10.1. The van der Waals surface area contributed by atoms with Gasteiger partial charge in [0.15, 0.2) is 11.5 Å². The fraction of sp³-hybridized carbons (Fsp3) is 0.571. The first kappa shape index (κ1) is 16.0. The van der Waals surface area contributed by atoms with Crippen molar-refractivity contribution < 1.29 is 19.1 Å². The van der Waals surface area contributed by atoms with Crippen molar-refractivity contribution in [1.82, 2.24) is 0 Å². The zero-order chi connectivity index (χ0) is 15.4. The summed E-state index contributed by atoms with van der Waals surface area (Å²) in [5.74, 6) is 0.856. The van der Waals surface area contributed by atoms with Gasteiger partial charge in [0.2, 0.25) is 0 Å². The minimum absolute atomic E-state index is 0.0217. The number of hydrogen-bond acceptors (Lipinski definition) is 5. The summed E-state index contributed by atoms with van der Waals surface area (Å²) in [6, 6.07) is 4.32. The molecule has 6 nitrogen and oxygen atoms in total. The number of alkyl halides is 1. The van der Waals surface area contributed by atoms with Crippen molar-refractivity contribution in [2.75, 3.05) is 13.7 Å². The van der Waals surface area contributed by atoms with Crippen molar-refractivity contribution >= 4 is 21.6 Å². The molecule has 0 saturated heterocycles. The lowest BCUT2D eigenvalue weighted by atomic mass is 9.91. The maximum atomic E-state index is 10.9. The Morgan fingerprint density at radius 3 is 2.76 bits per heavy atom. The van der Waals surface area contributed by atoms with Crippen LogP contribution in [0, 0.1) is 10.1 Å². The molecule has 0 radical (unpaired) electrons. The van der Waals surface area contributed by atoms with Crippen molar-refractivity contribution in [3.8, 4) is 11.5 Å². The van der Waals surface area contributed by atoms with Gasteiger partial charge in [-0.25, -0.2) is 0 Å². The highest BCUT2D eigenvalue weighted by atomic mass is 79.9. The Morgan fingerprint density at radius 1 is 1.43 bits per heavy atom. The van der Waals surface area contributed by atoms with Gasteiger partial charge in [0.05, 0.1) is 18.1 Å². The molecule has 3 atom stereocenters. The summed E-state index contributed by atoms with van der Waals surface area (Å²) in [6.45, 7) is 2.71. The normalized spacial score (nSPS) is 24.2.